The quantitative estimate of drug-likeness (QED) is 0.820. The predicted octanol–water partition coefficient (Wildman–Crippen LogP) is 3.74. The van der Waals surface area contributed by atoms with Crippen LogP contribution in [0.1, 0.15) is 43.4 Å². The molecular formula is C21H27FN2O2. The van der Waals surface area contributed by atoms with E-state index in [1.165, 1.54) is 31.4 Å². The summed E-state index contributed by atoms with van der Waals surface area (Å²) >= 11 is 0. The normalized spacial score (nSPS) is 17.6. The fraction of sp³-hybridized carbons (Fsp3) is 0.476. The summed E-state index contributed by atoms with van der Waals surface area (Å²) < 4.78 is 18.7. The molecule has 0 spiro atoms. The van der Waals surface area contributed by atoms with Gasteiger partial charge in [0.05, 0.1) is 12.2 Å². The molecule has 2 atom stereocenters. The van der Waals surface area contributed by atoms with Gasteiger partial charge in [-0.05, 0) is 62.7 Å². The van der Waals surface area contributed by atoms with Gasteiger partial charge in [-0.3, -0.25) is 9.69 Å². The van der Waals surface area contributed by atoms with E-state index >= 15 is 0 Å². The maximum Gasteiger partial charge on any atom is 0.228 e. The van der Waals surface area contributed by atoms with Gasteiger partial charge >= 0.3 is 0 Å². The lowest BCUT2D eigenvalue weighted by molar-refractivity contribution is -0.122. The molecule has 1 amide bonds. The summed E-state index contributed by atoms with van der Waals surface area (Å²) in [5.41, 5.74) is 0.797. The summed E-state index contributed by atoms with van der Waals surface area (Å²) in [7, 11) is 0. The van der Waals surface area contributed by atoms with E-state index in [1.807, 2.05) is 12.1 Å². The lowest BCUT2D eigenvalue weighted by Crippen LogP contribution is -2.45. The van der Waals surface area contributed by atoms with Gasteiger partial charge in [-0.15, -0.1) is 0 Å². The van der Waals surface area contributed by atoms with Crippen LogP contribution < -0.4 is 5.32 Å². The van der Waals surface area contributed by atoms with Crippen molar-refractivity contribution in [2.75, 3.05) is 19.6 Å². The second-order valence-corrected chi connectivity index (χ2v) is 7.08. The minimum absolute atomic E-state index is 0.0446. The first-order valence-corrected chi connectivity index (χ1v) is 9.43. The average Bonchev–Trinajstić information content (AvgIpc) is 3.19. The Bertz CT molecular complexity index is 679. The summed E-state index contributed by atoms with van der Waals surface area (Å²) in [6, 6.07) is 10.1. The molecule has 26 heavy (non-hydrogen) atoms. The van der Waals surface area contributed by atoms with Crippen LogP contribution in [-0.2, 0) is 11.2 Å². The standard InChI is InChI=1S/C21H27FN2O2/c1-16(24-11-3-2-4-12-24)15-23-21(25)20(14-19-6-5-13-26-19)17-7-9-18(22)10-8-17/h5-10,13,16,20H,2-4,11-12,14-15H2,1H3,(H,23,25). The fourth-order valence-corrected chi connectivity index (χ4v) is 3.55. The van der Waals surface area contributed by atoms with E-state index in [9.17, 15) is 9.18 Å². The number of carbonyl (C=O) groups excluding carboxylic acids is 1. The number of likely N-dealkylation sites (tertiary alicyclic amines) is 1. The van der Waals surface area contributed by atoms with Crippen molar-refractivity contribution in [2.24, 2.45) is 0 Å². The van der Waals surface area contributed by atoms with Gasteiger partial charge in [0, 0.05) is 19.0 Å². The van der Waals surface area contributed by atoms with Crippen LogP contribution in [0.15, 0.2) is 47.1 Å². The largest absolute Gasteiger partial charge is 0.469 e. The number of nitrogens with zero attached hydrogens (tertiary/aromatic N) is 1. The Kier molecular flexibility index (Phi) is 6.45. The van der Waals surface area contributed by atoms with Crippen LogP contribution in [0.3, 0.4) is 0 Å². The van der Waals surface area contributed by atoms with Gasteiger partial charge in [0.15, 0.2) is 0 Å². The van der Waals surface area contributed by atoms with Crippen molar-refractivity contribution in [3.63, 3.8) is 0 Å². The Morgan fingerprint density at radius 2 is 1.92 bits per heavy atom. The fourth-order valence-electron chi connectivity index (χ4n) is 3.55. The lowest BCUT2D eigenvalue weighted by atomic mass is 9.93. The molecule has 0 saturated carbocycles. The number of nitrogens with one attached hydrogen (secondary N) is 1. The van der Waals surface area contributed by atoms with Crippen LogP contribution in [0.25, 0.3) is 0 Å². The number of halogens is 1. The number of amides is 1. The molecule has 1 aliphatic heterocycles. The summed E-state index contributed by atoms with van der Waals surface area (Å²) in [6.07, 6.45) is 5.82. The number of benzene rings is 1. The van der Waals surface area contributed by atoms with Gasteiger partial charge in [-0.2, -0.15) is 0 Å². The number of furan rings is 1. The minimum atomic E-state index is -0.393. The third-order valence-electron chi connectivity index (χ3n) is 5.16. The highest BCUT2D eigenvalue weighted by Crippen LogP contribution is 2.22. The van der Waals surface area contributed by atoms with Gasteiger partial charge in [-0.25, -0.2) is 4.39 Å². The van der Waals surface area contributed by atoms with Crippen LogP contribution in [-0.4, -0.2) is 36.5 Å². The summed E-state index contributed by atoms with van der Waals surface area (Å²) in [6.45, 7) is 4.98. The van der Waals surface area contributed by atoms with Crippen LogP contribution >= 0.6 is 0 Å². The van der Waals surface area contributed by atoms with Crippen LogP contribution in [0.4, 0.5) is 4.39 Å². The molecule has 0 aliphatic carbocycles. The van der Waals surface area contributed by atoms with E-state index in [2.05, 4.69) is 17.1 Å². The first kappa shape index (κ1) is 18.6. The summed E-state index contributed by atoms with van der Waals surface area (Å²) in [5, 5.41) is 3.09. The maximum atomic E-state index is 13.3. The molecule has 4 nitrogen and oxygen atoms in total. The molecule has 0 bridgehead atoms. The van der Waals surface area contributed by atoms with Crippen molar-refractivity contribution >= 4 is 5.91 Å². The number of carbonyl (C=O) groups is 1. The number of rotatable bonds is 7. The highest BCUT2D eigenvalue weighted by Gasteiger charge is 2.24. The van der Waals surface area contributed by atoms with E-state index in [-0.39, 0.29) is 11.7 Å². The number of piperidine rings is 1. The molecular weight excluding hydrogens is 331 g/mol. The van der Waals surface area contributed by atoms with Crippen LogP contribution in [0, 0.1) is 5.82 Å². The minimum Gasteiger partial charge on any atom is -0.469 e. The van der Waals surface area contributed by atoms with E-state index in [4.69, 9.17) is 4.42 Å². The molecule has 5 heteroatoms. The molecule has 0 radical (unpaired) electrons. The predicted molar refractivity (Wildman–Crippen MR) is 99.4 cm³/mol. The topological polar surface area (TPSA) is 45.5 Å². The van der Waals surface area contributed by atoms with Gasteiger partial charge in [0.2, 0.25) is 5.91 Å². The average molecular weight is 358 g/mol. The molecule has 1 N–H and O–H groups in total. The first-order valence-electron chi connectivity index (χ1n) is 9.43. The number of hydrogen-bond acceptors (Lipinski definition) is 3. The van der Waals surface area contributed by atoms with E-state index in [0.717, 1.165) is 24.4 Å². The smallest absolute Gasteiger partial charge is 0.228 e. The van der Waals surface area contributed by atoms with Gasteiger partial charge in [-0.1, -0.05) is 18.6 Å². The molecule has 1 saturated heterocycles. The van der Waals surface area contributed by atoms with Crippen molar-refractivity contribution in [1.29, 1.82) is 0 Å². The highest BCUT2D eigenvalue weighted by atomic mass is 19.1. The first-order chi connectivity index (χ1) is 12.6. The Balaban J connectivity index is 1.65. The third-order valence-corrected chi connectivity index (χ3v) is 5.16. The van der Waals surface area contributed by atoms with Gasteiger partial charge in [0.1, 0.15) is 11.6 Å². The molecule has 1 aromatic heterocycles. The van der Waals surface area contributed by atoms with Crippen molar-refractivity contribution in [3.05, 3.63) is 59.8 Å². The molecule has 3 rings (SSSR count). The zero-order valence-electron chi connectivity index (χ0n) is 15.3. The van der Waals surface area contributed by atoms with E-state index in [1.54, 1.807) is 18.4 Å². The zero-order chi connectivity index (χ0) is 18.4. The third kappa shape index (κ3) is 4.94. The summed E-state index contributed by atoms with van der Waals surface area (Å²) in [4.78, 5) is 15.3. The van der Waals surface area contributed by atoms with Crippen LogP contribution in [0.2, 0.25) is 0 Å². The Morgan fingerprint density at radius 3 is 2.58 bits per heavy atom. The van der Waals surface area contributed by atoms with E-state index < -0.39 is 5.92 Å². The molecule has 2 aromatic rings. The SMILES string of the molecule is CC(CNC(=O)C(Cc1ccco1)c1ccc(F)cc1)N1CCCCC1. The molecule has 2 unspecified atom stereocenters. The highest BCUT2D eigenvalue weighted by molar-refractivity contribution is 5.83. The van der Waals surface area contributed by atoms with Crippen molar-refractivity contribution < 1.29 is 13.6 Å². The van der Waals surface area contributed by atoms with Crippen LogP contribution in [0.5, 0.6) is 0 Å². The molecule has 140 valence electrons. The maximum absolute atomic E-state index is 13.3. The summed E-state index contributed by atoms with van der Waals surface area (Å²) in [5.74, 6) is 0.00959. The molecule has 1 fully saturated rings. The van der Waals surface area contributed by atoms with Crippen molar-refractivity contribution in [3.8, 4) is 0 Å². The van der Waals surface area contributed by atoms with Crippen molar-refractivity contribution in [2.45, 2.75) is 44.6 Å². The zero-order valence-corrected chi connectivity index (χ0v) is 15.3. The van der Waals surface area contributed by atoms with Gasteiger partial charge in [0.25, 0.3) is 0 Å². The molecule has 1 aliphatic rings. The molecule has 1 aromatic carbocycles. The molecule has 2 heterocycles. The monoisotopic (exact) mass is 358 g/mol. The Labute approximate surface area is 154 Å². The number of hydrogen-bond donors (Lipinski definition) is 1. The van der Waals surface area contributed by atoms with E-state index in [0.29, 0.717) is 19.0 Å². The Hall–Kier alpha value is -2.14. The lowest BCUT2D eigenvalue weighted by Gasteiger charge is -2.32. The van der Waals surface area contributed by atoms with Crippen molar-refractivity contribution in [1.82, 2.24) is 10.2 Å². The second kappa shape index (κ2) is 8.99. The second-order valence-electron chi connectivity index (χ2n) is 7.08. The van der Waals surface area contributed by atoms with Gasteiger partial charge < -0.3 is 9.73 Å². The Morgan fingerprint density at radius 1 is 1.19 bits per heavy atom.